The number of hydrogen-bond donors (Lipinski definition) is 1. The van der Waals surface area contributed by atoms with Crippen LogP contribution in [0.5, 0.6) is 0 Å². The summed E-state index contributed by atoms with van der Waals surface area (Å²) in [6.45, 7) is 4.88. The summed E-state index contributed by atoms with van der Waals surface area (Å²) in [5.74, 6) is 0.155. The summed E-state index contributed by atoms with van der Waals surface area (Å²) < 4.78 is 22.8. The molecule has 0 radical (unpaired) electrons. The van der Waals surface area contributed by atoms with Crippen LogP contribution in [0.25, 0.3) is 0 Å². The van der Waals surface area contributed by atoms with Gasteiger partial charge in [0, 0.05) is 30.6 Å². The zero-order valence-electron chi connectivity index (χ0n) is 11.3. The van der Waals surface area contributed by atoms with Crippen molar-refractivity contribution in [1.82, 2.24) is 10.3 Å². The molecule has 0 saturated carbocycles. The van der Waals surface area contributed by atoms with E-state index in [0.717, 1.165) is 24.2 Å². The van der Waals surface area contributed by atoms with Crippen LogP contribution < -0.4 is 5.32 Å². The van der Waals surface area contributed by atoms with Crippen molar-refractivity contribution < 1.29 is 8.42 Å². The number of hydrogen-bond acceptors (Lipinski definition) is 4. The summed E-state index contributed by atoms with van der Waals surface area (Å²) in [4.78, 5) is 4.32. The third-order valence-corrected chi connectivity index (χ3v) is 3.62. The molecular weight excluding hydrogens is 248 g/mol. The maximum atomic E-state index is 11.4. The van der Waals surface area contributed by atoms with Gasteiger partial charge in [0.05, 0.1) is 5.75 Å². The first-order chi connectivity index (χ1) is 8.40. The maximum absolute atomic E-state index is 11.4. The molecular formula is C13H22N2O2S. The lowest BCUT2D eigenvalue weighted by molar-refractivity contribution is 0.526. The summed E-state index contributed by atoms with van der Waals surface area (Å²) in [7, 11) is -2.97. The van der Waals surface area contributed by atoms with Gasteiger partial charge in [0.1, 0.15) is 9.84 Å². The number of rotatable bonds is 7. The van der Waals surface area contributed by atoms with Crippen LogP contribution in [0.4, 0.5) is 0 Å². The third kappa shape index (κ3) is 6.12. The SMILES string of the molecule is CCCNC(Cc1ccc(C)cn1)CS(C)(=O)=O. The van der Waals surface area contributed by atoms with E-state index in [1.807, 2.05) is 25.3 Å². The number of nitrogens with zero attached hydrogens (tertiary/aromatic N) is 1. The molecule has 0 aliphatic heterocycles. The molecule has 0 saturated heterocycles. The van der Waals surface area contributed by atoms with Gasteiger partial charge in [-0.15, -0.1) is 0 Å². The third-order valence-electron chi connectivity index (χ3n) is 2.62. The molecule has 1 aromatic heterocycles. The smallest absolute Gasteiger partial charge is 0.148 e. The molecule has 1 atom stereocenters. The highest BCUT2D eigenvalue weighted by atomic mass is 32.2. The Balaban J connectivity index is 2.68. The lowest BCUT2D eigenvalue weighted by Gasteiger charge is -2.17. The van der Waals surface area contributed by atoms with Crippen molar-refractivity contribution in [3.05, 3.63) is 29.6 Å². The van der Waals surface area contributed by atoms with Crippen LogP contribution in [0.2, 0.25) is 0 Å². The van der Waals surface area contributed by atoms with Crippen LogP contribution in [-0.4, -0.2) is 38.0 Å². The zero-order valence-corrected chi connectivity index (χ0v) is 12.1. The monoisotopic (exact) mass is 270 g/mol. The van der Waals surface area contributed by atoms with E-state index in [9.17, 15) is 8.42 Å². The summed E-state index contributed by atoms with van der Waals surface area (Å²) in [5.41, 5.74) is 2.04. The lowest BCUT2D eigenvalue weighted by Crippen LogP contribution is -2.37. The Morgan fingerprint density at radius 3 is 2.61 bits per heavy atom. The highest BCUT2D eigenvalue weighted by molar-refractivity contribution is 7.90. The van der Waals surface area contributed by atoms with Crippen LogP contribution in [0.1, 0.15) is 24.6 Å². The van der Waals surface area contributed by atoms with Gasteiger partial charge in [0.25, 0.3) is 0 Å². The van der Waals surface area contributed by atoms with Crippen molar-refractivity contribution in [2.45, 2.75) is 32.7 Å². The first-order valence-corrected chi connectivity index (χ1v) is 8.29. The van der Waals surface area contributed by atoms with Gasteiger partial charge in [-0.25, -0.2) is 8.42 Å². The highest BCUT2D eigenvalue weighted by Gasteiger charge is 2.15. The summed E-state index contributed by atoms with van der Waals surface area (Å²) in [5, 5.41) is 3.27. The van der Waals surface area contributed by atoms with Gasteiger partial charge in [0.2, 0.25) is 0 Å². The van der Waals surface area contributed by atoms with Crippen LogP contribution in [0.15, 0.2) is 18.3 Å². The van der Waals surface area contributed by atoms with E-state index in [0.29, 0.717) is 6.42 Å². The molecule has 0 spiro atoms. The topological polar surface area (TPSA) is 59.1 Å². The van der Waals surface area contributed by atoms with Crippen molar-refractivity contribution in [3.63, 3.8) is 0 Å². The van der Waals surface area contributed by atoms with E-state index in [-0.39, 0.29) is 11.8 Å². The number of nitrogens with one attached hydrogen (secondary N) is 1. The molecule has 0 aliphatic rings. The van der Waals surface area contributed by atoms with Crippen LogP contribution in [-0.2, 0) is 16.3 Å². The van der Waals surface area contributed by atoms with Gasteiger partial charge in [-0.3, -0.25) is 4.98 Å². The number of sulfone groups is 1. The lowest BCUT2D eigenvalue weighted by atomic mass is 10.1. The van der Waals surface area contributed by atoms with E-state index in [4.69, 9.17) is 0 Å². The Labute approximate surface area is 110 Å². The second-order valence-corrected chi connectivity index (χ2v) is 6.96. The van der Waals surface area contributed by atoms with Crippen molar-refractivity contribution in [2.24, 2.45) is 0 Å². The Morgan fingerprint density at radius 2 is 2.11 bits per heavy atom. The molecule has 1 heterocycles. The fraction of sp³-hybridized carbons (Fsp3) is 0.615. The van der Waals surface area contributed by atoms with Gasteiger partial charge >= 0.3 is 0 Å². The minimum atomic E-state index is -2.97. The number of aromatic nitrogens is 1. The zero-order chi connectivity index (χ0) is 13.6. The second kappa shape index (κ2) is 6.85. The first kappa shape index (κ1) is 15.1. The van der Waals surface area contributed by atoms with Crippen LogP contribution >= 0.6 is 0 Å². The molecule has 0 bridgehead atoms. The maximum Gasteiger partial charge on any atom is 0.148 e. The average Bonchev–Trinajstić information content (AvgIpc) is 2.27. The van der Waals surface area contributed by atoms with E-state index >= 15 is 0 Å². The molecule has 0 amide bonds. The summed E-state index contributed by atoms with van der Waals surface area (Å²) >= 11 is 0. The molecule has 1 aromatic rings. The molecule has 5 heteroatoms. The number of pyridine rings is 1. The second-order valence-electron chi connectivity index (χ2n) is 4.77. The molecule has 1 unspecified atom stereocenters. The van der Waals surface area contributed by atoms with Crippen LogP contribution in [0, 0.1) is 6.92 Å². The minimum Gasteiger partial charge on any atom is -0.313 e. The quantitative estimate of drug-likeness (QED) is 0.812. The van der Waals surface area contributed by atoms with E-state index in [1.54, 1.807) is 0 Å². The molecule has 18 heavy (non-hydrogen) atoms. The number of aryl methyl sites for hydroxylation is 1. The van der Waals surface area contributed by atoms with Gasteiger partial charge in [-0.05, 0) is 31.5 Å². The fourth-order valence-electron chi connectivity index (χ4n) is 1.78. The van der Waals surface area contributed by atoms with E-state index in [1.165, 1.54) is 6.26 Å². The van der Waals surface area contributed by atoms with Gasteiger partial charge in [-0.1, -0.05) is 13.0 Å². The van der Waals surface area contributed by atoms with Crippen LogP contribution in [0.3, 0.4) is 0 Å². The molecule has 0 aromatic carbocycles. The fourth-order valence-corrected chi connectivity index (χ4v) is 2.74. The standard InChI is InChI=1S/C13H22N2O2S/c1-4-7-14-13(10-18(3,16)17)8-12-6-5-11(2)9-15-12/h5-6,9,13-14H,4,7-8,10H2,1-3H3. The van der Waals surface area contributed by atoms with Crippen molar-refractivity contribution in [1.29, 1.82) is 0 Å². The molecule has 1 N–H and O–H groups in total. The summed E-state index contributed by atoms with van der Waals surface area (Å²) in [6.07, 6.45) is 4.72. The minimum absolute atomic E-state index is 0.0600. The Bertz CT molecular complexity index is 454. The normalized spacial score (nSPS) is 13.5. The van der Waals surface area contributed by atoms with Gasteiger partial charge in [-0.2, -0.15) is 0 Å². The van der Waals surface area contributed by atoms with Gasteiger partial charge in [0.15, 0.2) is 0 Å². The largest absolute Gasteiger partial charge is 0.313 e. The molecule has 102 valence electrons. The van der Waals surface area contributed by atoms with E-state index < -0.39 is 9.84 Å². The van der Waals surface area contributed by atoms with Crippen molar-refractivity contribution in [3.8, 4) is 0 Å². The summed E-state index contributed by atoms with van der Waals surface area (Å²) in [6, 6.07) is 3.90. The Morgan fingerprint density at radius 1 is 1.39 bits per heavy atom. The first-order valence-electron chi connectivity index (χ1n) is 6.23. The average molecular weight is 270 g/mol. The molecule has 0 fully saturated rings. The Kier molecular flexibility index (Phi) is 5.75. The molecule has 1 rings (SSSR count). The molecule has 4 nitrogen and oxygen atoms in total. The predicted molar refractivity (Wildman–Crippen MR) is 74.5 cm³/mol. The van der Waals surface area contributed by atoms with Gasteiger partial charge < -0.3 is 5.32 Å². The van der Waals surface area contributed by atoms with Crippen molar-refractivity contribution in [2.75, 3.05) is 18.6 Å². The van der Waals surface area contributed by atoms with E-state index in [2.05, 4.69) is 17.2 Å². The predicted octanol–water partition coefficient (Wildman–Crippen LogP) is 1.35. The molecule has 0 aliphatic carbocycles. The van der Waals surface area contributed by atoms with Crippen molar-refractivity contribution >= 4 is 9.84 Å². The highest BCUT2D eigenvalue weighted by Crippen LogP contribution is 2.04. The Hall–Kier alpha value is -0.940.